The number of unbranched alkanes of at least 4 members (excludes halogenated alkanes) is 3. The maximum Gasteiger partial charge on any atom is 0.311 e. The second-order valence-electron chi connectivity index (χ2n) is 11.2. The Morgan fingerprint density at radius 3 is 2.07 bits per heavy atom. The zero-order valence-corrected chi connectivity index (χ0v) is 27.6. The van der Waals surface area contributed by atoms with E-state index in [0.29, 0.717) is 25.4 Å². The first kappa shape index (κ1) is 33.7. The summed E-state index contributed by atoms with van der Waals surface area (Å²) < 4.78 is 20.2. The number of hydrogen-bond acceptors (Lipinski definition) is 6. The molecule has 0 N–H and O–H groups in total. The van der Waals surface area contributed by atoms with Crippen molar-refractivity contribution in [3.05, 3.63) is 89.5 Å². The molecule has 0 bridgehead atoms. The maximum absolute atomic E-state index is 12.5. The molecule has 44 heavy (non-hydrogen) atoms. The molecule has 0 radical (unpaired) electrons. The molecule has 6 heteroatoms. The number of hydrogen-bond donors (Lipinski definition) is 0. The highest BCUT2D eigenvalue weighted by Crippen LogP contribution is 2.37. The fourth-order valence-corrected chi connectivity index (χ4v) is 6.47. The predicted molar refractivity (Wildman–Crippen MR) is 184 cm³/mol. The fourth-order valence-electron chi connectivity index (χ4n) is 5.41. The number of ether oxygens (including phenoxy) is 3. The van der Waals surface area contributed by atoms with Gasteiger partial charge in [-0.05, 0) is 96.3 Å². The predicted octanol–water partition coefficient (Wildman–Crippen LogP) is 9.84. The van der Waals surface area contributed by atoms with Gasteiger partial charge in [0.15, 0.2) is 0 Å². The summed E-state index contributed by atoms with van der Waals surface area (Å²) in [5.41, 5.74) is 5.60. The van der Waals surface area contributed by atoms with Crippen molar-refractivity contribution in [2.75, 3.05) is 32.1 Å². The first-order valence-corrected chi connectivity index (χ1v) is 17.4. The van der Waals surface area contributed by atoms with Gasteiger partial charge in [0.2, 0.25) is 0 Å². The van der Waals surface area contributed by atoms with Crippen molar-refractivity contribution < 1.29 is 19.0 Å². The monoisotopic (exact) mass is 615 g/mol. The van der Waals surface area contributed by atoms with Gasteiger partial charge < -0.3 is 14.2 Å². The van der Waals surface area contributed by atoms with Gasteiger partial charge in [-0.3, -0.25) is 4.79 Å². The van der Waals surface area contributed by atoms with Crippen LogP contribution in [0.1, 0.15) is 95.2 Å². The molecule has 0 atom stereocenters. The Kier molecular flexibility index (Phi) is 14.2. The highest BCUT2D eigenvalue weighted by molar-refractivity contribution is 7.97. The van der Waals surface area contributed by atoms with Gasteiger partial charge in [-0.2, -0.15) is 0 Å². The highest BCUT2D eigenvalue weighted by Gasteiger charge is 2.16. The van der Waals surface area contributed by atoms with E-state index in [-0.39, 0.29) is 5.97 Å². The minimum Gasteiger partial charge on any atom is -0.494 e. The van der Waals surface area contributed by atoms with Crippen LogP contribution in [0.4, 0.5) is 0 Å². The lowest BCUT2D eigenvalue weighted by atomic mass is 9.88. The second-order valence-corrected chi connectivity index (χ2v) is 12.4. The molecule has 1 fully saturated rings. The van der Waals surface area contributed by atoms with Crippen LogP contribution in [-0.4, -0.2) is 42.3 Å². The van der Waals surface area contributed by atoms with Crippen molar-refractivity contribution in [1.29, 1.82) is 0 Å². The quantitative estimate of drug-likeness (QED) is 0.0495. The number of benzene rings is 3. The average Bonchev–Trinajstić information content (AvgIpc) is 3.06. The normalized spacial score (nSPS) is 14.2. The smallest absolute Gasteiger partial charge is 0.311 e. The van der Waals surface area contributed by atoms with Crippen LogP contribution in [0.5, 0.6) is 17.2 Å². The van der Waals surface area contributed by atoms with Crippen molar-refractivity contribution >= 4 is 29.1 Å². The molecule has 1 saturated heterocycles. The highest BCUT2D eigenvalue weighted by atomic mass is 32.2. The van der Waals surface area contributed by atoms with E-state index in [9.17, 15) is 4.79 Å². The first-order valence-electron chi connectivity index (χ1n) is 16.5. The van der Waals surface area contributed by atoms with Crippen LogP contribution in [0.25, 0.3) is 11.1 Å². The first-order chi connectivity index (χ1) is 21.6. The van der Waals surface area contributed by atoms with E-state index in [1.807, 2.05) is 42.3 Å². The molecule has 5 nitrogen and oxygen atoms in total. The SMILES string of the molecule is CCCCCCC(=O)Oc1cccc(/C(CC)=C(/c2ccc(OCCC)cc2)c2ccc(OCCN3CCCCS3)cc2)c1. The minimum absolute atomic E-state index is 0.169. The molecule has 0 saturated carbocycles. The van der Waals surface area contributed by atoms with Gasteiger partial charge in [-0.15, -0.1) is 0 Å². The topological polar surface area (TPSA) is 48.0 Å². The molecule has 1 heterocycles. The summed E-state index contributed by atoms with van der Waals surface area (Å²) in [5.74, 6) is 3.38. The Bertz CT molecular complexity index is 1310. The van der Waals surface area contributed by atoms with E-state index in [4.69, 9.17) is 14.2 Å². The van der Waals surface area contributed by atoms with E-state index in [2.05, 4.69) is 67.5 Å². The van der Waals surface area contributed by atoms with E-state index < -0.39 is 0 Å². The fraction of sp³-hybridized carbons (Fsp3) is 0.447. The van der Waals surface area contributed by atoms with E-state index in [0.717, 1.165) is 85.4 Å². The zero-order valence-electron chi connectivity index (χ0n) is 26.8. The van der Waals surface area contributed by atoms with Gasteiger partial charge in [0.05, 0.1) is 6.61 Å². The summed E-state index contributed by atoms with van der Waals surface area (Å²) in [7, 11) is 0. The second kappa shape index (κ2) is 18.6. The molecule has 236 valence electrons. The number of rotatable bonds is 17. The number of carbonyl (C=O) groups is 1. The van der Waals surface area contributed by atoms with Crippen molar-refractivity contribution in [2.45, 2.75) is 78.6 Å². The van der Waals surface area contributed by atoms with Gasteiger partial charge >= 0.3 is 5.97 Å². The van der Waals surface area contributed by atoms with Gasteiger partial charge in [-0.1, -0.05) is 88.4 Å². The molecular weight excluding hydrogens is 566 g/mol. The van der Waals surface area contributed by atoms with E-state index in [1.54, 1.807) is 0 Å². The number of allylic oxidation sites excluding steroid dienone is 1. The summed E-state index contributed by atoms with van der Waals surface area (Å²) in [5, 5.41) is 0. The third-order valence-electron chi connectivity index (χ3n) is 7.75. The van der Waals surface area contributed by atoms with E-state index in [1.165, 1.54) is 24.2 Å². The Morgan fingerprint density at radius 1 is 0.750 bits per heavy atom. The summed E-state index contributed by atoms with van der Waals surface area (Å²) >= 11 is 1.93. The molecular formula is C38H49NO4S. The molecule has 0 unspecified atom stereocenters. The largest absolute Gasteiger partial charge is 0.494 e. The van der Waals surface area contributed by atoms with Crippen molar-refractivity contribution in [3.8, 4) is 17.2 Å². The number of nitrogens with zero attached hydrogens (tertiary/aromatic N) is 1. The Balaban J connectivity index is 1.59. The minimum atomic E-state index is -0.169. The van der Waals surface area contributed by atoms with Crippen LogP contribution in [0, 0.1) is 0 Å². The molecule has 1 aliphatic heterocycles. The Morgan fingerprint density at radius 2 is 1.45 bits per heavy atom. The third kappa shape index (κ3) is 10.4. The number of carbonyl (C=O) groups excluding carboxylic acids is 1. The van der Waals surface area contributed by atoms with Gasteiger partial charge in [0.1, 0.15) is 23.9 Å². The molecule has 4 rings (SSSR count). The van der Waals surface area contributed by atoms with Crippen LogP contribution in [-0.2, 0) is 4.79 Å². The third-order valence-corrected chi connectivity index (χ3v) is 8.95. The van der Waals surface area contributed by atoms with Crippen LogP contribution < -0.4 is 14.2 Å². The number of esters is 1. The lowest BCUT2D eigenvalue weighted by Crippen LogP contribution is -2.26. The van der Waals surface area contributed by atoms with Gasteiger partial charge in [-0.25, -0.2) is 4.31 Å². The molecule has 3 aromatic rings. The molecule has 0 spiro atoms. The van der Waals surface area contributed by atoms with Gasteiger partial charge in [0.25, 0.3) is 0 Å². The van der Waals surface area contributed by atoms with E-state index >= 15 is 0 Å². The Labute approximate surface area is 269 Å². The molecule has 0 aliphatic carbocycles. The molecule has 1 aliphatic rings. The standard InChI is InChI=1S/C38H49NO4S/c1-4-7-8-9-15-37(40)43-35-14-12-13-32(29-35)36(6-3)38(30-16-20-33(21-17-30)41-26-5-2)31-18-22-34(23-19-31)42-27-25-39-24-10-11-28-44-39/h12-14,16-23,29H,4-11,15,24-28H2,1-3H3/b38-36-. The molecule has 3 aromatic carbocycles. The molecule has 0 amide bonds. The summed E-state index contributed by atoms with van der Waals surface area (Å²) in [6.07, 6.45) is 9.02. The van der Waals surface area contributed by atoms with Crippen LogP contribution >= 0.6 is 11.9 Å². The van der Waals surface area contributed by atoms with Gasteiger partial charge in [0, 0.05) is 25.3 Å². The lowest BCUT2D eigenvalue weighted by molar-refractivity contribution is -0.134. The van der Waals surface area contributed by atoms with Crippen LogP contribution in [0.15, 0.2) is 72.8 Å². The van der Waals surface area contributed by atoms with Crippen LogP contribution in [0.3, 0.4) is 0 Å². The zero-order chi connectivity index (χ0) is 31.0. The summed E-state index contributed by atoms with van der Waals surface area (Å²) in [6.45, 7) is 9.91. The van der Waals surface area contributed by atoms with Crippen LogP contribution in [0.2, 0.25) is 0 Å². The van der Waals surface area contributed by atoms with Crippen molar-refractivity contribution in [2.24, 2.45) is 0 Å². The van der Waals surface area contributed by atoms with Crippen molar-refractivity contribution in [3.63, 3.8) is 0 Å². The molecule has 0 aromatic heterocycles. The summed E-state index contributed by atoms with van der Waals surface area (Å²) in [6, 6.07) is 24.8. The Hall–Kier alpha value is -3.22. The summed E-state index contributed by atoms with van der Waals surface area (Å²) in [4.78, 5) is 12.5. The lowest BCUT2D eigenvalue weighted by Gasteiger charge is -2.25. The average molecular weight is 616 g/mol. The maximum atomic E-state index is 12.5. The van der Waals surface area contributed by atoms with Crippen molar-refractivity contribution in [1.82, 2.24) is 4.31 Å².